The van der Waals surface area contributed by atoms with Crippen molar-refractivity contribution in [3.05, 3.63) is 0 Å². The van der Waals surface area contributed by atoms with Crippen LogP contribution in [-0.4, -0.2) is 42.4 Å². The summed E-state index contributed by atoms with van der Waals surface area (Å²) in [5.74, 6) is -0.120. The molecule has 16 heavy (non-hydrogen) atoms. The molecule has 0 radical (unpaired) electrons. The summed E-state index contributed by atoms with van der Waals surface area (Å²) in [7, 11) is 0. The van der Waals surface area contributed by atoms with Crippen molar-refractivity contribution in [1.82, 2.24) is 10.2 Å². The molecule has 0 heterocycles. The van der Waals surface area contributed by atoms with Crippen LogP contribution in [0.1, 0.15) is 33.6 Å². The molecule has 2 amide bonds. The average Bonchev–Trinajstić information content (AvgIpc) is 2.29. The van der Waals surface area contributed by atoms with Gasteiger partial charge in [0.25, 0.3) is 0 Å². The summed E-state index contributed by atoms with van der Waals surface area (Å²) < 4.78 is 0. The van der Waals surface area contributed by atoms with E-state index in [1.54, 1.807) is 4.90 Å². The fraction of sp³-hybridized carbons (Fsp3) is 0.818. The van der Waals surface area contributed by atoms with Crippen LogP contribution in [0.15, 0.2) is 0 Å². The van der Waals surface area contributed by atoms with Gasteiger partial charge >= 0.3 is 0 Å². The summed E-state index contributed by atoms with van der Waals surface area (Å²) in [4.78, 5) is 24.6. The third-order valence-electron chi connectivity index (χ3n) is 2.53. The van der Waals surface area contributed by atoms with Crippen LogP contribution in [0.25, 0.3) is 0 Å². The molecule has 0 rings (SSSR count). The van der Waals surface area contributed by atoms with E-state index < -0.39 is 6.04 Å². The first-order valence-corrected chi connectivity index (χ1v) is 5.87. The molecule has 0 aliphatic rings. The molecule has 0 aliphatic heterocycles. The molecule has 5 nitrogen and oxygen atoms in total. The lowest BCUT2D eigenvalue weighted by Crippen LogP contribution is -2.41. The summed E-state index contributed by atoms with van der Waals surface area (Å²) >= 11 is 0. The van der Waals surface area contributed by atoms with E-state index in [2.05, 4.69) is 5.32 Å². The lowest BCUT2D eigenvalue weighted by atomic mass is 10.2. The normalized spacial score (nSPS) is 12.0. The van der Waals surface area contributed by atoms with Gasteiger partial charge < -0.3 is 16.0 Å². The maximum atomic E-state index is 11.6. The third kappa shape index (κ3) is 5.11. The Hall–Kier alpha value is -1.10. The molecule has 0 saturated carbocycles. The monoisotopic (exact) mass is 229 g/mol. The zero-order valence-corrected chi connectivity index (χ0v) is 10.5. The second kappa shape index (κ2) is 8.10. The van der Waals surface area contributed by atoms with E-state index in [-0.39, 0.29) is 11.8 Å². The molecule has 3 N–H and O–H groups in total. The Balaban J connectivity index is 3.81. The van der Waals surface area contributed by atoms with Crippen molar-refractivity contribution in [2.45, 2.75) is 39.7 Å². The van der Waals surface area contributed by atoms with E-state index in [4.69, 9.17) is 5.73 Å². The van der Waals surface area contributed by atoms with Crippen LogP contribution in [0, 0.1) is 0 Å². The summed E-state index contributed by atoms with van der Waals surface area (Å²) in [5, 5.41) is 2.66. The van der Waals surface area contributed by atoms with Gasteiger partial charge in [-0.1, -0.05) is 6.92 Å². The molecule has 5 heteroatoms. The number of amides is 2. The lowest BCUT2D eigenvalue weighted by molar-refractivity contribution is -0.130. The van der Waals surface area contributed by atoms with E-state index >= 15 is 0 Å². The molecular formula is C11H23N3O2. The molecular weight excluding hydrogens is 206 g/mol. The highest BCUT2D eigenvalue weighted by Crippen LogP contribution is 1.93. The number of nitrogens with zero attached hydrogens (tertiary/aromatic N) is 1. The summed E-state index contributed by atoms with van der Waals surface area (Å²) in [6.45, 7) is 7.50. The number of rotatable bonds is 7. The highest BCUT2D eigenvalue weighted by atomic mass is 16.2. The van der Waals surface area contributed by atoms with Gasteiger partial charge in [0.2, 0.25) is 11.8 Å². The number of nitrogens with two attached hydrogens (primary N) is 1. The Morgan fingerprint density at radius 3 is 2.25 bits per heavy atom. The van der Waals surface area contributed by atoms with Crippen LogP contribution in [0.4, 0.5) is 0 Å². The fourth-order valence-electron chi connectivity index (χ4n) is 1.34. The lowest BCUT2D eigenvalue weighted by Gasteiger charge is -2.18. The topological polar surface area (TPSA) is 75.4 Å². The third-order valence-corrected chi connectivity index (χ3v) is 2.53. The maximum absolute atomic E-state index is 11.6. The Bertz CT molecular complexity index is 227. The van der Waals surface area contributed by atoms with Crippen LogP contribution in [0.5, 0.6) is 0 Å². The maximum Gasteiger partial charge on any atom is 0.236 e. The van der Waals surface area contributed by atoms with Gasteiger partial charge in [-0.25, -0.2) is 0 Å². The first kappa shape index (κ1) is 14.9. The molecule has 0 aromatic carbocycles. The molecule has 0 fully saturated rings. The van der Waals surface area contributed by atoms with Crippen molar-refractivity contribution in [3.63, 3.8) is 0 Å². The van der Waals surface area contributed by atoms with Crippen LogP contribution in [0.3, 0.4) is 0 Å². The van der Waals surface area contributed by atoms with Crippen molar-refractivity contribution < 1.29 is 9.59 Å². The minimum atomic E-state index is -0.469. The van der Waals surface area contributed by atoms with E-state index in [1.165, 1.54) is 0 Å². The van der Waals surface area contributed by atoms with Gasteiger partial charge in [-0.15, -0.1) is 0 Å². The van der Waals surface area contributed by atoms with Crippen molar-refractivity contribution in [3.8, 4) is 0 Å². The molecule has 94 valence electrons. The summed E-state index contributed by atoms with van der Waals surface area (Å²) in [6.07, 6.45) is 0.944. The summed E-state index contributed by atoms with van der Waals surface area (Å²) in [5.41, 5.74) is 5.54. The Labute approximate surface area is 97.4 Å². The van der Waals surface area contributed by atoms with Gasteiger partial charge in [0.15, 0.2) is 0 Å². The first-order valence-electron chi connectivity index (χ1n) is 5.87. The molecule has 0 aromatic rings. The zero-order chi connectivity index (χ0) is 12.6. The van der Waals surface area contributed by atoms with Crippen molar-refractivity contribution in [1.29, 1.82) is 0 Å². The number of nitrogens with one attached hydrogen (secondary N) is 1. The number of hydrogen-bond acceptors (Lipinski definition) is 3. The molecule has 1 atom stereocenters. The molecule has 1 unspecified atom stereocenters. The van der Waals surface area contributed by atoms with Gasteiger partial charge in [0.05, 0.1) is 6.04 Å². The Kier molecular flexibility index (Phi) is 7.54. The second-order valence-corrected chi connectivity index (χ2v) is 3.62. The van der Waals surface area contributed by atoms with Crippen LogP contribution >= 0.6 is 0 Å². The minimum Gasteiger partial charge on any atom is -0.354 e. The Morgan fingerprint density at radius 2 is 1.81 bits per heavy atom. The molecule has 0 bridgehead atoms. The minimum absolute atomic E-state index is 0.0652. The van der Waals surface area contributed by atoms with Crippen molar-refractivity contribution in [2.24, 2.45) is 5.73 Å². The van der Waals surface area contributed by atoms with Crippen molar-refractivity contribution in [2.75, 3.05) is 19.6 Å². The van der Waals surface area contributed by atoms with E-state index in [1.807, 2.05) is 20.8 Å². The predicted molar refractivity (Wildman–Crippen MR) is 63.8 cm³/mol. The van der Waals surface area contributed by atoms with Crippen molar-refractivity contribution >= 4 is 11.8 Å². The van der Waals surface area contributed by atoms with Gasteiger partial charge in [-0.05, 0) is 20.3 Å². The number of carbonyl (C=O) groups excluding carboxylic acids is 2. The fourth-order valence-corrected chi connectivity index (χ4v) is 1.34. The standard InChI is InChI=1S/C11H23N3O2/c1-4-9(12)11(16)13-8-7-10(15)14(5-2)6-3/h9H,4-8,12H2,1-3H3,(H,13,16). The quantitative estimate of drug-likeness (QED) is 0.650. The van der Waals surface area contributed by atoms with Crippen LogP contribution in [-0.2, 0) is 9.59 Å². The van der Waals surface area contributed by atoms with Crippen LogP contribution in [0.2, 0.25) is 0 Å². The smallest absolute Gasteiger partial charge is 0.236 e. The van der Waals surface area contributed by atoms with E-state index in [9.17, 15) is 9.59 Å². The molecule has 0 spiro atoms. The highest BCUT2D eigenvalue weighted by molar-refractivity contribution is 5.82. The molecule has 0 saturated heterocycles. The van der Waals surface area contributed by atoms with Gasteiger partial charge in [-0.2, -0.15) is 0 Å². The SMILES string of the molecule is CCC(N)C(=O)NCCC(=O)N(CC)CC. The zero-order valence-electron chi connectivity index (χ0n) is 10.5. The summed E-state index contributed by atoms with van der Waals surface area (Å²) in [6, 6.07) is -0.469. The molecule has 0 aromatic heterocycles. The highest BCUT2D eigenvalue weighted by Gasteiger charge is 2.12. The number of carbonyl (C=O) groups is 2. The molecule has 0 aliphatic carbocycles. The van der Waals surface area contributed by atoms with E-state index in [0.29, 0.717) is 32.5 Å². The predicted octanol–water partition coefficient (Wildman–Crippen LogP) is 0.0984. The van der Waals surface area contributed by atoms with Gasteiger partial charge in [0.1, 0.15) is 0 Å². The van der Waals surface area contributed by atoms with Gasteiger partial charge in [-0.3, -0.25) is 9.59 Å². The Morgan fingerprint density at radius 1 is 1.25 bits per heavy atom. The van der Waals surface area contributed by atoms with Crippen LogP contribution < -0.4 is 11.1 Å². The average molecular weight is 229 g/mol. The second-order valence-electron chi connectivity index (χ2n) is 3.62. The number of hydrogen-bond donors (Lipinski definition) is 2. The van der Waals surface area contributed by atoms with E-state index in [0.717, 1.165) is 0 Å². The van der Waals surface area contributed by atoms with Gasteiger partial charge in [0, 0.05) is 26.1 Å². The largest absolute Gasteiger partial charge is 0.354 e. The first-order chi connectivity index (χ1) is 7.56.